The minimum absolute atomic E-state index is 0.0637. The van der Waals surface area contributed by atoms with Crippen molar-refractivity contribution in [1.29, 1.82) is 0 Å². The molecule has 100 valence electrons. The lowest BCUT2D eigenvalue weighted by Gasteiger charge is -2.29. The molecule has 1 unspecified atom stereocenters. The van der Waals surface area contributed by atoms with Crippen molar-refractivity contribution in [3.05, 3.63) is 0 Å². The molecule has 2 amide bonds. The van der Waals surface area contributed by atoms with Crippen LogP contribution in [0.2, 0.25) is 0 Å². The van der Waals surface area contributed by atoms with Crippen molar-refractivity contribution in [2.45, 2.75) is 51.2 Å². The third kappa shape index (κ3) is 2.38. The summed E-state index contributed by atoms with van der Waals surface area (Å²) in [5.74, 6) is -1.37. The molecule has 18 heavy (non-hydrogen) atoms. The number of carbonyl (C=O) groups is 3. The monoisotopic (exact) mass is 254 g/mol. The second-order valence-electron chi connectivity index (χ2n) is 5.21. The maximum Gasteiger partial charge on any atom is 0.317 e. The molecule has 1 aliphatic carbocycles. The van der Waals surface area contributed by atoms with E-state index in [1.165, 1.54) is 4.90 Å². The predicted octanol–water partition coefficient (Wildman–Crippen LogP) is 0.0713. The fraction of sp³-hybridized carbons (Fsp3) is 0.750. The van der Waals surface area contributed by atoms with Crippen LogP contribution in [0, 0.1) is 0 Å². The Morgan fingerprint density at radius 1 is 1.44 bits per heavy atom. The van der Waals surface area contributed by atoms with E-state index in [1.54, 1.807) is 4.90 Å². The van der Waals surface area contributed by atoms with E-state index in [-0.39, 0.29) is 36.9 Å². The van der Waals surface area contributed by atoms with E-state index in [4.69, 9.17) is 5.11 Å². The summed E-state index contributed by atoms with van der Waals surface area (Å²) >= 11 is 0. The van der Waals surface area contributed by atoms with E-state index in [0.717, 1.165) is 12.8 Å². The first-order chi connectivity index (χ1) is 8.41. The van der Waals surface area contributed by atoms with Crippen LogP contribution in [0.3, 0.4) is 0 Å². The number of carbonyl (C=O) groups excluding carboxylic acids is 2. The highest BCUT2D eigenvalue weighted by molar-refractivity contribution is 6.06. The van der Waals surface area contributed by atoms with Crippen LogP contribution < -0.4 is 0 Å². The summed E-state index contributed by atoms with van der Waals surface area (Å²) in [4.78, 5) is 37.8. The minimum atomic E-state index is -0.978. The van der Waals surface area contributed by atoms with Crippen LogP contribution >= 0.6 is 0 Å². The van der Waals surface area contributed by atoms with Crippen molar-refractivity contribution in [1.82, 2.24) is 9.80 Å². The zero-order valence-corrected chi connectivity index (χ0v) is 10.6. The van der Waals surface area contributed by atoms with E-state index >= 15 is 0 Å². The Labute approximate surface area is 106 Å². The average molecular weight is 254 g/mol. The van der Waals surface area contributed by atoms with Gasteiger partial charge < -0.3 is 5.11 Å². The number of likely N-dealkylation sites (tertiary alicyclic amines) is 1. The van der Waals surface area contributed by atoms with Gasteiger partial charge in [-0.3, -0.25) is 24.2 Å². The van der Waals surface area contributed by atoms with Gasteiger partial charge in [-0.25, -0.2) is 0 Å². The Morgan fingerprint density at radius 2 is 2.06 bits per heavy atom. The van der Waals surface area contributed by atoms with Crippen LogP contribution in [0.15, 0.2) is 0 Å². The number of carboxylic acids is 1. The molecular weight excluding hydrogens is 236 g/mol. The van der Waals surface area contributed by atoms with Gasteiger partial charge in [0, 0.05) is 12.1 Å². The maximum atomic E-state index is 12.2. The van der Waals surface area contributed by atoms with Gasteiger partial charge in [0.2, 0.25) is 11.8 Å². The lowest BCUT2D eigenvalue weighted by molar-refractivity contribution is -0.142. The van der Waals surface area contributed by atoms with E-state index in [0.29, 0.717) is 0 Å². The summed E-state index contributed by atoms with van der Waals surface area (Å²) in [5, 5.41) is 8.88. The number of amides is 2. The van der Waals surface area contributed by atoms with Crippen LogP contribution in [-0.4, -0.2) is 57.4 Å². The van der Waals surface area contributed by atoms with Crippen molar-refractivity contribution in [2.75, 3.05) is 6.54 Å². The average Bonchev–Trinajstić information content (AvgIpc) is 3.02. The van der Waals surface area contributed by atoms with Gasteiger partial charge in [-0.1, -0.05) is 0 Å². The lowest BCUT2D eigenvalue weighted by Crippen LogP contribution is -2.48. The summed E-state index contributed by atoms with van der Waals surface area (Å²) in [6.07, 6.45) is 1.87. The molecule has 6 nitrogen and oxygen atoms in total. The number of rotatable bonds is 5. The fourth-order valence-electron chi connectivity index (χ4n) is 2.42. The van der Waals surface area contributed by atoms with E-state index in [2.05, 4.69) is 0 Å². The zero-order valence-electron chi connectivity index (χ0n) is 10.6. The Hall–Kier alpha value is -1.43. The van der Waals surface area contributed by atoms with Crippen LogP contribution in [-0.2, 0) is 14.4 Å². The highest BCUT2D eigenvalue weighted by atomic mass is 16.4. The number of imide groups is 1. The highest BCUT2D eigenvalue weighted by Gasteiger charge is 2.48. The van der Waals surface area contributed by atoms with Crippen molar-refractivity contribution in [2.24, 2.45) is 0 Å². The molecule has 2 rings (SSSR count). The largest absolute Gasteiger partial charge is 0.480 e. The van der Waals surface area contributed by atoms with Gasteiger partial charge in [-0.05, 0) is 26.7 Å². The van der Waals surface area contributed by atoms with E-state index in [1.807, 2.05) is 13.8 Å². The number of nitrogens with zero attached hydrogens (tertiary/aromatic N) is 2. The van der Waals surface area contributed by atoms with Gasteiger partial charge in [0.1, 0.15) is 0 Å². The summed E-state index contributed by atoms with van der Waals surface area (Å²) in [5.41, 5.74) is 0. The quantitative estimate of drug-likeness (QED) is 0.702. The molecular formula is C12H18N2O4. The first-order valence-corrected chi connectivity index (χ1v) is 6.25. The van der Waals surface area contributed by atoms with Gasteiger partial charge in [0.15, 0.2) is 0 Å². The number of aliphatic carboxylic acids is 1. The predicted molar refractivity (Wildman–Crippen MR) is 62.8 cm³/mol. The molecule has 0 spiro atoms. The first kappa shape index (κ1) is 13.0. The number of hydrogen-bond donors (Lipinski definition) is 1. The van der Waals surface area contributed by atoms with Gasteiger partial charge in [-0.15, -0.1) is 0 Å². The molecule has 6 heteroatoms. The SMILES string of the molecule is CC(C)N(CC(=O)O)C1CC(=O)N(C2CC2)C1=O. The van der Waals surface area contributed by atoms with Gasteiger partial charge >= 0.3 is 5.97 Å². The molecule has 0 aromatic carbocycles. The fourth-order valence-corrected chi connectivity index (χ4v) is 2.42. The smallest absolute Gasteiger partial charge is 0.317 e. The normalized spacial score (nSPS) is 24.4. The van der Waals surface area contributed by atoms with Gasteiger partial charge in [0.25, 0.3) is 0 Å². The molecule has 0 bridgehead atoms. The second kappa shape index (κ2) is 4.68. The maximum absolute atomic E-state index is 12.2. The molecule has 1 atom stereocenters. The van der Waals surface area contributed by atoms with Gasteiger partial charge in [-0.2, -0.15) is 0 Å². The third-order valence-corrected chi connectivity index (χ3v) is 3.45. The van der Waals surface area contributed by atoms with Crippen LogP contribution in [0.4, 0.5) is 0 Å². The number of carboxylic acid groups (broad SMARTS) is 1. The third-order valence-electron chi connectivity index (χ3n) is 3.45. The molecule has 1 saturated heterocycles. The molecule has 1 N–H and O–H groups in total. The Balaban J connectivity index is 2.13. The molecule has 0 aromatic rings. The molecule has 1 saturated carbocycles. The Kier molecular flexibility index (Phi) is 3.38. The molecule has 2 aliphatic rings. The van der Waals surface area contributed by atoms with Crippen molar-refractivity contribution >= 4 is 17.8 Å². The lowest BCUT2D eigenvalue weighted by atomic mass is 10.1. The van der Waals surface area contributed by atoms with Crippen molar-refractivity contribution in [3.63, 3.8) is 0 Å². The van der Waals surface area contributed by atoms with Crippen LogP contribution in [0.25, 0.3) is 0 Å². The first-order valence-electron chi connectivity index (χ1n) is 6.25. The Bertz CT molecular complexity index is 390. The summed E-state index contributed by atoms with van der Waals surface area (Å²) in [6.45, 7) is 3.46. The molecule has 0 radical (unpaired) electrons. The van der Waals surface area contributed by atoms with Crippen LogP contribution in [0.5, 0.6) is 0 Å². The standard InChI is InChI=1S/C12H18N2O4/c1-7(2)13(6-11(16)17)9-5-10(15)14(12(9)18)8-3-4-8/h7-9H,3-6H2,1-2H3,(H,16,17). The molecule has 0 aromatic heterocycles. The highest BCUT2D eigenvalue weighted by Crippen LogP contribution is 2.33. The topological polar surface area (TPSA) is 77.9 Å². The second-order valence-corrected chi connectivity index (χ2v) is 5.21. The van der Waals surface area contributed by atoms with Gasteiger partial charge in [0.05, 0.1) is 19.0 Å². The zero-order chi connectivity index (χ0) is 13.4. The van der Waals surface area contributed by atoms with Crippen molar-refractivity contribution in [3.8, 4) is 0 Å². The molecule has 1 aliphatic heterocycles. The van der Waals surface area contributed by atoms with Crippen LogP contribution in [0.1, 0.15) is 33.1 Å². The molecule has 2 fully saturated rings. The number of hydrogen-bond acceptors (Lipinski definition) is 4. The van der Waals surface area contributed by atoms with Crippen molar-refractivity contribution < 1.29 is 19.5 Å². The molecule has 1 heterocycles. The Morgan fingerprint density at radius 3 is 2.50 bits per heavy atom. The summed E-state index contributed by atoms with van der Waals surface area (Å²) in [7, 11) is 0. The summed E-state index contributed by atoms with van der Waals surface area (Å²) < 4.78 is 0. The summed E-state index contributed by atoms with van der Waals surface area (Å²) in [6, 6.07) is -0.620. The van der Waals surface area contributed by atoms with E-state index < -0.39 is 12.0 Å². The van der Waals surface area contributed by atoms with E-state index in [9.17, 15) is 14.4 Å². The minimum Gasteiger partial charge on any atom is -0.480 e.